The molecule has 1 aliphatic heterocycles. The molecule has 0 aromatic heterocycles. The zero-order chi connectivity index (χ0) is 18.7. The molecule has 6 N–H and O–H groups in total. The number of aliphatic carboxylic acids is 1. The van der Waals surface area contributed by atoms with Gasteiger partial charge in [-0.3, -0.25) is 19.3 Å². The number of hydrogen-bond acceptors (Lipinski definition) is 6. The quantitative estimate of drug-likeness (QED) is 0.560. The van der Waals surface area contributed by atoms with Gasteiger partial charge in [-0.15, -0.1) is 0 Å². The second-order valence-corrected chi connectivity index (χ2v) is 6.06. The van der Waals surface area contributed by atoms with Crippen molar-refractivity contribution in [3.8, 4) is 0 Å². The highest BCUT2D eigenvalue weighted by Gasteiger charge is 2.32. The largest absolute Gasteiger partial charge is 0.481 e. The van der Waals surface area contributed by atoms with E-state index >= 15 is 0 Å². The maximum atomic E-state index is 12.6. The van der Waals surface area contributed by atoms with E-state index in [0.29, 0.717) is 35.3 Å². The molecule has 2 aromatic rings. The van der Waals surface area contributed by atoms with Crippen molar-refractivity contribution in [2.75, 3.05) is 32.9 Å². The van der Waals surface area contributed by atoms with Crippen molar-refractivity contribution < 1.29 is 19.5 Å². The lowest BCUT2D eigenvalue weighted by Gasteiger charge is -2.28. The van der Waals surface area contributed by atoms with Gasteiger partial charge in [-0.1, -0.05) is 12.1 Å². The van der Waals surface area contributed by atoms with Crippen LogP contribution in [0.25, 0.3) is 10.8 Å². The molecule has 0 bridgehead atoms. The third-order valence-corrected chi connectivity index (χ3v) is 3.72. The van der Waals surface area contributed by atoms with Crippen LogP contribution in [0.1, 0.15) is 27.6 Å². The Kier molecular flexibility index (Phi) is 6.82. The molecule has 8 nitrogen and oxygen atoms in total. The second-order valence-electron chi connectivity index (χ2n) is 6.06. The number of anilines is 1. The second kappa shape index (κ2) is 8.41. The van der Waals surface area contributed by atoms with Crippen molar-refractivity contribution in [2.24, 2.45) is 0 Å². The molecule has 140 valence electrons. The number of nitrogens with two attached hydrogens (primary N) is 1. The van der Waals surface area contributed by atoms with Gasteiger partial charge in [-0.2, -0.15) is 0 Å². The highest BCUT2D eigenvalue weighted by Crippen LogP contribution is 2.31. The van der Waals surface area contributed by atoms with Gasteiger partial charge < -0.3 is 21.9 Å². The van der Waals surface area contributed by atoms with Crippen LogP contribution in [-0.2, 0) is 4.79 Å². The molecule has 0 saturated heterocycles. The zero-order valence-corrected chi connectivity index (χ0v) is 15.2. The Morgan fingerprint density at radius 1 is 1.15 bits per heavy atom. The molecule has 0 fully saturated rings. The SMILES string of the molecule is CC(=O)O.CN(C)CCN1C(=O)c2cccc3cc(N)cc(c23)C1=O.N. The van der Waals surface area contributed by atoms with E-state index in [1.54, 1.807) is 18.2 Å². The molecule has 26 heavy (non-hydrogen) atoms. The highest BCUT2D eigenvalue weighted by molar-refractivity contribution is 6.25. The average Bonchev–Trinajstić information content (AvgIpc) is 2.51. The van der Waals surface area contributed by atoms with Crippen LogP contribution in [0.5, 0.6) is 0 Å². The third-order valence-electron chi connectivity index (χ3n) is 3.72. The van der Waals surface area contributed by atoms with E-state index in [1.165, 1.54) is 4.90 Å². The molecule has 0 unspecified atom stereocenters. The minimum absolute atomic E-state index is 0. The number of nitrogens with zero attached hydrogens (tertiary/aromatic N) is 2. The monoisotopic (exact) mass is 360 g/mol. The predicted molar refractivity (Wildman–Crippen MR) is 101 cm³/mol. The fourth-order valence-electron chi connectivity index (χ4n) is 2.68. The molecule has 0 spiro atoms. The number of carbonyl (C=O) groups is 3. The van der Waals surface area contributed by atoms with Gasteiger partial charge in [-0.05, 0) is 37.7 Å². The van der Waals surface area contributed by atoms with Crippen molar-refractivity contribution in [1.29, 1.82) is 0 Å². The van der Waals surface area contributed by atoms with Crippen LogP contribution in [0.2, 0.25) is 0 Å². The van der Waals surface area contributed by atoms with Crippen LogP contribution in [0, 0.1) is 0 Å². The molecule has 0 radical (unpaired) electrons. The maximum Gasteiger partial charge on any atom is 0.300 e. The minimum Gasteiger partial charge on any atom is -0.481 e. The first kappa shape index (κ1) is 21.1. The number of carboxylic acid groups (broad SMARTS) is 1. The van der Waals surface area contributed by atoms with Gasteiger partial charge in [-0.25, -0.2) is 0 Å². The van der Waals surface area contributed by atoms with Crippen LogP contribution in [0.15, 0.2) is 30.3 Å². The first-order valence-electron chi connectivity index (χ1n) is 7.75. The molecule has 2 amide bonds. The fourth-order valence-corrected chi connectivity index (χ4v) is 2.68. The van der Waals surface area contributed by atoms with Crippen molar-refractivity contribution in [3.63, 3.8) is 0 Å². The first-order chi connectivity index (χ1) is 11.7. The summed E-state index contributed by atoms with van der Waals surface area (Å²) in [6.07, 6.45) is 0. The lowest BCUT2D eigenvalue weighted by molar-refractivity contribution is -0.134. The Hall–Kier alpha value is -2.97. The van der Waals surface area contributed by atoms with Crippen LogP contribution in [0.3, 0.4) is 0 Å². The number of benzene rings is 2. The predicted octanol–water partition coefficient (Wildman–Crippen LogP) is 1.83. The van der Waals surface area contributed by atoms with Crippen molar-refractivity contribution in [3.05, 3.63) is 41.5 Å². The van der Waals surface area contributed by atoms with Crippen LogP contribution in [-0.4, -0.2) is 59.9 Å². The molecule has 1 aliphatic rings. The minimum atomic E-state index is -0.833. The fraction of sp³-hybridized carbons (Fsp3) is 0.278. The molecule has 8 heteroatoms. The van der Waals surface area contributed by atoms with Gasteiger partial charge >= 0.3 is 0 Å². The summed E-state index contributed by atoms with van der Waals surface area (Å²) in [6, 6.07) is 8.90. The van der Waals surface area contributed by atoms with Crippen LogP contribution >= 0.6 is 0 Å². The summed E-state index contributed by atoms with van der Waals surface area (Å²) < 4.78 is 0. The van der Waals surface area contributed by atoms with Crippen molar-refractivity contribution in [2.45, 2.75) is 6.92 Å². The number of amides is 2. The standard InChI is InChI=1S/C16H17N3O2.C2H4O2.H3N/c1-18(2)6-7-19-15(20)12-5-3-4-10-8-11(17)9-13(14(10)12)16(19)21;1-2(3)4;/h3-5,8-9H,6-7,17H2,1-2H3;1H3,(H,3,4);1H3. The number of carboxylic acids is 1. The maximum absolute atomic E-state index is 12.6. The number of nitrogen functional groups attached to an aromatic ring is 1. The molecular weight excluding hydrogens is 336 g/mol. The van der Waals surface area contributed by atoms with Gasteiger partial charge in [0, 0.05) is 36.7 Å². The van der Waals surface area contributed by atoms with Gasteiger partial charge in [0.2, 0.25) is 0 Å². The van der Waals surface area contributed by atoms with Gasteiger partial charge in [0.05, 0.1) is 5.56 Å². The lowest BCUT2D eigenvalue weighted by Crippen LogP contribution is -2.43. The molecule has 0 aliphatic carbocycles. The summed E-state index contributed by atoms with van der Waals surface area (Å²) >= 11 is 0. The molecule has 0 saturated carbocycles. The number of hydrogen-bond donors (Lipinski definition) is 3. The van der Waals surface area contributed by atoms with Gasteiger partial charge in [0.25, 0.3) is 17.8 Å². The van der Waals surface area contributed by atoms with E-state index in [4.69, 9.17) is 15.6 Å². The number of carbonyl (C=O) groups excluding carboxylic acids is 2. The number of imide groups is 1. The number of likely N-dealkylation sites (N-methyl/N-ethyl adjacent to an activating group) is 1. The van der Waals surface area contributed by atoms with Crippen LogP contribution in [0.4, 0.5) is 5.69 Å². The molecule has 2 aromatic carbocycles. The molecular formula is C18H24N4O4. The lowest BCUT2D eigenvalue weighted by atomic mass is 9.93. The Labute approximate surface area is 151 Å². The summed E-state index contributed by atoms with van der Waals surface area (Å²) in [7, 11) is 3.82. The average molecular weight is 360 g/mol. The Bertz CT molecular complexity index is 844. The Balaban J connectivity index is 0.000000616. The van der Waals surface area contributed by atoms with Gasteiger partial charge in [0.15, 0.2) is 0 Å². The van der Waals surface area contributed by atoms with Crippen molar-refractivity contribution in [1.82, 2.24) is 16.0 Å². The number of rotatable bonds is 3. The van der Waals surface area contributed by atoms with Crippen LogP contribution < -0.4 is 11.9 Å². The Morgan fingerprint density at radius 2 is 1.73 bits per heavy atom. The molecule has 1 heterocycles. The van der Waals surface area contributed by atoms with E-state index in [-0.39, 0.29) is 18.0 Å². The van der Waals surface area contributed by atoms with Crippen molar-refractivity contribution >= 4 is 34.2 Å². The smallest absolute Gasteiger partial charge is 0.300 e. The van der Waals surface area contributed by atoms with E-state index < -0.39 is 5.97 Å². The topological polar surface area (TPSA) is 139 Å². The van der Waals surface area contributed by atoms with E-state index in [2.05, 4.69) is 0 Å². The summed E-state index contributed by atoms with van der Waals surface area (Å²) in [5.41, 5.74) is 7.49. The third kappa shape index (κ3) is 4.35. The summed E-state index contributed by atoms with van der Waals surface area (Å²) in [5.74, 6) is -1.33. The summed E-state index contributed by atoms with van der Waals surface area (Å²) in [4.78, 5) is 37.4. The first-order valence-corrected chi connectivity index (χ1v) is 7.75. The van der Waals surface area contributed by atoms with Gasteiger partial charge in [0.1, 0.15) is 0 Å². The Morgan fingerprint density at radius 3 is 2.31 bits per heavy atom. The summed E-state index contributed by atoms with van der Waals surface area (Å²) in [6.45, 7) is 2.08. The van der Waals surface area contributed by atoms with E-state index in [1.807, 2.05) is 31.1 Å². The molecule has 3 rings (SSSR count). The zero-order valence-electron chi connectivity index (χ0n) is 15.2. The normalized spacial score (nSPS) is 12.5. The van der Waals surface area contributed by atoms with E-state index in [9.17, 15) is 9.59 Å². The summed E-state index contributed by atoms with van der Waals surface area (Å²) in [5, 5.41) is 8.96. The molecule has 0 atom stereocenters. The highest BCUT2D eigenvalue weighted by atomic mass is 16.4. The van der Waals surface area contributed by atoms with E-state index in [0.717, 1.165) is 12.3 Å².